The predicted molar refractivity (Wildman–Crippen MR) is 251 cm³/mol. The summed E-state index contributed by atoms with van der Waals surface area (Å²) in [7, 11) is 0. The minimum absolute atomic E-state index is 0.178. The third-order valence-electron chi connectivity index (χ3n) is 13.5. The second-order valence-electron chi connectivity index (χ2n) is 17.5. The van der Waals surface area contributed by atoms with Crippen LogP contribution in [0.25, 0.3) is 95.0 Å². The van der Waals surface area contributed by atoms with Gasteiger partial charge in [-0.1, -0.05) is 204 Å². The fourth-order valence-electron chi connectivity index (χ4n) is 10.7. The summed E-state index contributed by atoms with van der Waals surface area (Å²) in [6, 6.07) is 65.5. The maximum Gasteiger partial charge on any atom is 0.238 e. The van der Waals surface area contributed by atoms with Crippen LogP contribution in [0.15, 0.2) is 182 Å². The molecule has 61 heavy (non-hydrogen) atoms. The van der Waals surface area contributed by atoms with Crippen LogP contribution in [0.5, 0.6) is 0 Å². The van der Waals surface area contributed by atoms with Crippen LogP contribution in [-0.2, 0) is 10.8 Å². The van der Waals surface area contributed by atoms with Gasteiger partial charge in [0.2, 0.25) is 5.95 Å². The van der Waals surface area contributed by atoms with E-state index in [-0.39, 0.29) is 10.8 Å². The first-order valence-corrected chi connectivity index (χ1v) is 21.2. The molecule has 0 unspecified atom stereocenters. The van der Waals surface area contributed by atoms with Gasteiger partial charge in [0, 0.05) is 32.7 Å². The number of para-hydroxylation sites is 1. The van der Waals surface area contributed by atoms with E-state index in [0.29, 0.717) is 17.6 Å². The summed E-state index contributed by atoms with van der Waals surface area (Å²) in [5.41, 5.74) is 18.4. The van der Waals surface area contributed by atoms with Gasteiger partial charge in [-0.15, -0.1) is 0 Å². The third kappa shape index (κ3) is 5.09. The normalized spacial score (nSPS) is 14.2. The molecule has 0 spiro atoms. The van der Waals surface area contributed by atoms with E-state index in [2.05, 4.69) is 214 Å². The molecule has 4 nitrogen and oxygen atoms in total. The van der Waals surface area contributed by atoms with Crippen molar-refractivity contribution in [3.63, 3.8) is 0 Å². The summed E-state index contributed by atoms with van der Waals surface area (Å²) in [6.45, 7) is 9.36. The molecule has 0 bridgehead atoms. The topological polar surface area (TPSA) is 43.6 Å². The van der Waals surface area contributed by atoms with Crippen LogP contribution < -0.4 is 0 Å². The monoisotopic (exact) mass is 782 g/mol. The summed E-state index contributed by atoms with van der Waals surface area (Å²) in [5.74, 6) is 1.87. The van der Waals surface area contributed by atoms with Gasteiger partial charge in [0.15, 0.2) is 11.6 Å². The summed E-state index contributed by atoms with van der Waals surface area (Å²) in [4.78, 5) is 16.7. The molecule has 290 valence electrons. The molecule has 8 aromatic carbocycles. The Morgan fingerprint density at radius 3 is 1.66 bits per heavy atom. The van der Waals surface area contributed by atoms with Gasteiger partial charge in [0.1, 0.15) is 0 Å². The first-order valence-electron chi connectivity index (χ1n) is 21.2. The van der Waals surface area contributed by atoms with E-state index >= 15 is 0 Å². The molecule has 2 aliphatic carbocycles. The van der Waals surface area contributed by atoms with Crippen LogP contribution in [0.3, 0.4) is 0 Å². The second-order valence-corrected chi connectivity index (χ2v) is 17.5. The van der Waals surface area contributed by atoms with Crippen molar-refractivity contribution in [3.05, 3.63) is 204 Å². The van der Waals surface area contributed by atoms with Crippen molar-refractivity contribution in [1.82, 2.24) is 19.5 Å². The third-order valence-corrected chi connectivity index (χ3v) is 13.5. The number of hydrogen-bond acceptors (Lipinski definition) is 3. The Morgan fingerprint density at radius 2 is 0.902 bits per heavy atom. The van der Waals surface area contributed by atoms with Crippen LogP contribution in [0.1, 0.15) is 49.9 Å². The van der Waals surface area contributed by atoms with E-state index in [1.165, 1.54) is 55.3 Å². The highest BCUT2D eigenvalue weighted by Gasteiger charge is 2.40. The maximum absolute atomic E-state index is 5.60. The van der Waals surface area contributed by atoms with Gasteiger partial charge in [0.25, 0.3) is 0 Å². The summed E-state index contributed by atoms with van der Waals surface area (Å²) in [6.07, 6.45) is 0. The first kappa shape index (κ1) is 35.5. The molecule has 0 atom stereocenters. The van der Waals surface area contributed by atoms with Crippen molar-refractivity contribution in [1.29, 1.82) is 0 Å². The van der Waals surface area contributed by atoms with Crippen LogP contribution in [0, 0.1) is 0 Å². The lowest BCUT2D eigenvalue weighted by molar-refractivity contribution is 0.660. The van der Waals surface area contributed by atoms with Crippen LogP contribution >= 0.6 is 0 Å². The number of nitrogens with zero attached hydrogens (tertiary/aromatic N) is 4. The van der Waals surface area contributed by atoms with Crippen molar-refractivity contribution in [2.75, 3.05) is 0 Å². The van der Waals surface area contributed by atoms with Gasteiger partial charge in [0.05, 0.1) is 11.0 Å². The molecular formula is C57H42N4. The number of benzene rings is 8. The first-order chi connectivity index (χ1) is 29.8. The standard InChI is InChI=1S/C57H42N4/c1-56(2)47-30-16-13-27-44(47)50-45(28-18-31-48(50)56)54-58-53(43-26-11-10-23-38(43)37-22-9-8-21-36(37)35-19-6-5-7-20-35)59-55(60-54)61-49-32-17-14-25-40(49)42-34-33-41-39-24-12-15-29-46(39)57(3,4)51(41)52(42)61/h5-34H,1-4H3. The van der Waals surface area contributed by atoms with Gasteiger partial charge in [-0.05, 0) is 72.8 Å². The molecule has 0 radical (unpaired) electrons. The van der Waals surface area contributed by atoms with E-state index in [0.717, 1.165) is 44.4 Å². The number of rotatable bonds is 5. The fraction of sp³-hybridized carbons (Fsp3) is 0.105. The van der Waals surface area contributed by atoms with Gasteiger partial charge >= 0.3 is 0 Å². The van der Waals surface area contributed by atoms with E-state index < -0.39 is 0 Å². The summed E-state index contributed by atoms with van der Waals surface area (Å²) in [5, 5.41) is 2.36. The minimum Gasteiger partial charge on any atom is -0.277 e. The lowest BCUT2D eigenvalue weighted by Gasteiger charge is -2.23. The molecule has 0 aliphatic heterocycles. The molecule has 10 aromatic rings. The van der Waals surface area contributed by atoms with E-state index in [4.69, 9.17) is 15.0 Å². The predicted octanol–water partition coefficient (Wildman–Crippen LogP) is 14.2. The molecule has 2 aromatic heterocycles. The maximum atomic E-state index is 5.60. The highest BCUT2D eigenvalue weighted by Crippen LogP contribution is 2.54. The molecule has 12 rings (SSSR count). The Kier molecular flexibility index (Phi) is 7.59. The summed E-state index contributed by atoms with van der Waals surface area (Å²) < 4.78 is 2.33. The molecule has 2 heterocycles. The lowest BCUT2D eigenvalue weighted by atomic mass is 9.81. The molecule has 0 saturated heterocycles. The van der Waals surface area contributed by atoms with Crippen LogP contribution in [0.4, 0.5) is 0 Å². The van der Waals surface area contributed by atoms with Gasteiger partial charge in [-0.3, -0.25) is 4.57 Å². The molecular weight excluding hydrogens is 741 g/mol. The number of aromatic nitrogens is 4. The van der Waals surface area contributed by atoms with Crippen molar-refractivity contribution in [2.45, 2.75) is 38.5 Å². The molecule has 0 fully saturated rings. The summed E-state index contributed by atoms with van der Waals surface area (Å²) >= 11 is 0. The quantitative estimate of drug-likeness (QED) is 0.175. The number of hydrogen-bond donors (Lipinski definition) is 0. The van der Waals surface area contributed by atoms with Gasteiger partial charge < -0.3 is 0 Å². The number of fused-ring (bicyclic) bond motifs is 10. The van der Waals surface area contributed by atoms with E-state index in [1.807, 2.05) is 0 Å². The van der Waals surface area contributed by atoms with E-state index in [1.54, 1.807) is 0 Å². The molecule has 0 amide bonds. The van der Waals surface area contributed by atoms with E-state index in [9.17, 15) is 0 Å². The Hall–Kier alpha value is -7.43. The largest absolute Gasteiger partial charge is 0.277 e. The SMILES string of the molecule is CC1(C)c2ccccc2-c2c(-c3nc(-c4ccccc4-c4ccccc4-c4ccccc4)nc(-n4c5ccccc5c5ccc6c(c54)C(C)(C)c4ccccc4-6)n3)cccc21. The highest BCUT2D eigenvalue weighted by molar-refractivity contribution is 6.13. The Balaban J connectivity index is 1.19. The Morgan fingerprint density at radius 1 is 0.361 bits per heavy atom. The molecule has 4 heteroatoms. The Labute approximate surface area is 355 Å². The van der Waals surface area contributed by atoms with Crippen molar-refractivity contribution < 1.29 is 0 Å². The minimum atomic E-state index is -0.264. The van der Waals surface area contributed by atoms with Crippen molar-refractivity contribution >= 4 is 21.8 Å². The average Bonchev–Trinajstić information content (AvgIpc) is 3.86. The lowest BCUT2D eigenvalue weighted by Crippen LogP contribution is -2.17. The highest BCUT2D eigenvalue weighted by atomic mass is 15.2. The van der Waals surface area contributed by atoms with Crippen LogP contribution in [-0.4, -0.2) is 19.5 Å². The zero-order valence-electron chi connectivity index (χ0n) is 34.6. The fourth-order valence-corrected chi connectivity index (χ4v) is 10.7. The Bertz CT molecular complexity index is 3420. The smallest absolute Gasteiger partial charge is 0.238 e. The second kappa shape index (κ2) is 13.0. The van der Waals surface area contributed by atoms with Crippen molar-refractivity contribution in [2.24, 2.45) is 0 Å². The van der Waals surface area contributed by atoms with Crippen molar-refractivity contribution in [3.8, 4) is 73.2 Å². The van der Waals surface area contributed by atoms with Gasteiger partial charge in [-0.2, -0.15) is 9.97 Å². The molecule has 0 saturated carbocycles. The van der Waals surface area contributed by atoms with Gasteiger partial charge in [-0.25, -0.2) is 4.98 Å². The average molecular weight is 783 g/mol. The zero-order valence-corrected chi connectivity index (χ0v) is 34.6. The molecule has 0 N–H and O–H groups in total. The zero-order chi connectivity index (χ0) is 41.0. The van der Waals surface area contributed by atoms with Crippen LogP contribution in [0.2, 0.25) is 0 Å². The molecule has 2 aliphatic rings.